The van der Waals surface area contributed by atoms with Crippen molar-refractivity contribution in [3.05, 3.63) is 58.6 Å². The number of hydrogen-bond acceptors (Lipinski definition) is 6. The summed E-state index contributed by atoms with van der Waals surface area (Å²) in [6.07, 6.45) is 0. The third kappa shape index (κ3) is 8.41. The maximum Gasteiger partial charge on any atom is 0.276 e. The first-order chi connectivity index (χ1) is 14.9. The van der Waals surface area contributed by atoms with Crippen LogP contribution in [0.2, 0.25) is 5.02 Å². The lowest BCUT2D eigenvalue weighted by molar-refractivity contribution is -0.123. The standard InChI is InChI=1S/C21H24ClN3O5S/c1-3-28-10-11-29-18-7-5-4-6-16(18)20(27)23-21(31)25-24-19(26)13-30-17-9-8-15(22)12-14(17)2/h4-9,12H,3,10-11,13H2,1-2H3,(H,24,26)(H2,23,25,27,31). The van der Waals surface area contributed by atoms with E-state index in [-0.39, 0.29) is 11.7 Å². The summed E-state index contributed by atoms with van der Waals surface area (Å²) in [5.41, 5.74) is 5.93. The number of carbonyl (C=O) groups is 2. The van der Waals surface area contributed by atoms with Crippen molar-refractivity contribution in [3.8, 4) is 11.5 Å². The molecule has 2 amide bonds. The Hall–Kier alpha value is -2.88. The van der Waals surface area contributed by atoms with Gasteiger partial charge in [0, 0.05) is 11.6 Å². The summed E-state index contributed by atoms with van der Waals surface area (Å²) in [5.74, 6) is -0.0212. The van der Waals surface area contributed by atoms with Gasteiger partial charge in [0.2, 0.25) is 0 Å². The molecule has 0 atom stereocenters. The molecule has 2 aromatic rings. The highest BCUT2D eigenvalue weighted by molar-refractivity contribution is 7.80. The maximum absolute atomic E-state index is 12.5. The van der Waals surface area contributed by atoms with Crippen molar-refractivity contribution < 1.29 is 23.8 Å². The zero-order valence-electron chi connectivity index (χ0n) is 17.2. The van der Waals surface area contributed by atoms with E-state index in [1.807, 2.05) is 13.8 Å². The summed E-state index contributed by atoms with van der Waals surface area (Å²) in [6.45, 7) is 4.77. The van der Waals surface area contributed by atoms with Crippen molar-refractivity contribution in [2.75, 3.05) is 26.4 Å². The van der Waals surface area contributed by atoms with E-state index in [2.05, 4.69) is 16.2 Å². The van der Waals surface area contributed by atoms with Gasteiger partial charge in [0.15, 0.2) is 11.7 Å². The van der Waals surface area contributed by atoms with Gasteiger partial charge < -0.3 is 14.2 Å². The van der Waals surface area contributed by atoms with Gasteiger partial charge in [0.25, 0.3) is 11.8 Å². The normalized spacial score (nSPS) is 10.2. The molecule has 0 fully saturated rings. The Kier molecular flexibility index (Phi) is 10.0. The molecule has 0 aliphatic rings. The highest BCUT2D eigenvalue weighted by Crippen LogP contribution is 2.21. The fourth-order valence-corrected chi connectivity index (χ4v) is 2.79. The zero-order chi connectivity index (χ0) is 22.6. The van der Waals surface area contributed by atoms with Crippen LogP contribution >= 0.6 is 23.8 Å². The number of ether oxygens (including phenoxy) is 3. The van der Waals surface area contributed by atoms with Crippen LogP contribution in [0.3, 0.4) is 0 Å². The van der Waals surface area contributed by atoms with E-state index in [0.717, 1.165) is 5.56 Å². The Morgan fingerprint density at radius 2 is 1.81 bits per heavy atom. The molecule has 0 aliphatic heterocycles. The van der Waals surface area contributed by atoms with Crippen LogP contribution in [0.25, 0.3) is 0 Å². The quantitative estimate of drug-likeness (QED) is 0.297. The molecule has 166 valence electrons. The van der Waals surface area contributed by atoms with Gasteiger partial charge in [-0.05, 0) is 62.0 Å². The summed E-state index contributed by atoms with van der Waals surface area (Å²) < 4.78 is 16.2. The number of halogens is 1. The number of rotatable bonds is 9. The van der Waals surface area contributed by atoms with Crippen molar-refractivity contribution in [2.24, 2.45) is 0 Å². The summed E-state index contributed by atoms with van der Waals surface area (Å²) in [7, 11) is 0. The SMILES string of the molecule is CCOCCOc1ccccc1C(=O)NC(=S)NNC(=O)COc1ccc(Cl)cc1C. The number of para-hydroxylation sites is 1. The number of carbonyl (C=O) groups excluding carboxylic acids is 2. The van der Waals surface area contributed by atoms with Gasteiger partial charge >= 0.3 is 0 Å². The fourth-order valence-electron chi connectivity index (χ4n) is 2.42. The molecular weight excluding hydrogens is 442 g/mol. The second kappa shape index (κ2) is 12.7. The van der Waals surface area contributed by atoms with Crippen molar-refractivity contribution in [3.63, 3.8) is 0 Å². The predicted octanol–water partition coefficient (Wildman–Crippen LogP) is 2.78. The molecule has 0 aromatic heterocycles. The molecule has 2 aromatic carbocycles. The highest BCUT2D eigenvalue weighted by Gasteiger charge is 2.14. The number of aryl methyl sites for hydroxylation is 1. The molecule has 3 N–H and O–H groups in total. The number of benzene rings is 2. The van der Waals surface area contributed by atoms with Gasteiger partial charge in [-0.25, -0.2) is 0 Å². The average molecular weight is 466 g/mol. The summed E-state index contributed by atoms with van der Waals surface area (Å²) in [5, 5.41) is 2.99. The van der Waals surface area contributed by atoms with Gasteiger partial charge in [0.05, 0.1) is 12.2 Å². The lowest BCUT2D eigenvalue weighted by Gasteiger charge is -2.14. The summed E-state index contributed by atoms with van der Waals surface area (Å²) >= 11 is 10.9. The number of nitrogens with one attached hydrogen (secondary N) is 3. The highest BCUT2D eigenvalue weighted by atomic mass is 35.5. The third-order valence-electron chi connectivity index (χ3n) is 3.86. The van der Waals surface area contributed by atoms with Gasteiger partial charge in [-0.2, -0.15) is 0 Å². The maximum atomic E-state index is 12.5. The van der Waals surface area contributed by atoms with Crippen LogP contribution in [-0.2, 0) is 9.53 Å². The minimum atomic E-state index is -0.481. The first-order valence-corrected chi connectivity index (χ1v) is 10.3. The summed E-state index contributed by atoms with van der Waals surface area (Å²) in [6, 6.07) is 11.8. The molecule has 0 bridgehead atoms. The van der Waals surface area contributed by atoms with Crippen LogP contribution in [0.15, 0.2) is 42.5 Å². The minimum absolute atomic E-state index is 0.0786. The lowest BCUT2D eigenvalue weighted by Crippen LogP contribution is -2.49. The van der Waals surface area contributed by atoms with Gasteiger partial charge in [-0.15, -0.1) is 0 Å². The van der Waals surface area contributed by atoms with Crippen LogP contribution in [0.1, 0.15) is 22.8 Å². The van der Waals surface area contributed by atoms with E-state index in [1.54, 1.807) is 42.5 Å². The molecule has 2 rings (SSSR count). The molecule has 0 saturated heterocycles. The molecule has 0 spiro atoms. The number of hydrogen-bond donors (Lipinski definition) is 3. The molecule has 0 saturated carbocycles. The Morgan fingerprint density at radius 1 is 1.03 bits per heavy atom. The van der Waals surface area contributed by atoms with Crippen LogP contribution in [-0.4, -0.2) is 43.4 Å². The first-order valence-electron chi connectivity index (χ1n) is 9.49. The van der Waals surface area contributed by atoms with E-state index < -0.39 is 11.8 Å². The van der Waals surface area contributed by atoms with E-state index >= 15 is 0 Å². The topological polar surface area (TPSA) is 97.9 Å². The average Bonchev–Trinajstić information content (AvgIpc) is 2.75. The van der Waals surface area contributed by atoms with Crippen LogP contribution in [0.5, 0.6) is 11.5 Å². The van der Waals surface area contributed by atoms with E-state index in [9.17, 15) is 9.59 Å². The molecule has 0 aliphatic carbocycles. The Labute approximate surface area is 191 Å². The van der Waals surface area contributed by atoms with Crippen molar-refractivity contribution >= 4 is 40.7 Å². The monoisotopic (exact) mass is 465 g/mol. The molecule has 31 heavy (non-hydrogen) atoms. The minimum Gasteiger partial charge on any atom is -0.490 e. The molecule has 0 heterocycles. The number of thiocarbonyl (C=S) groups is 1. The molecule has 8 nitrogen and oxygen atoms in total. The molecular formula is C21H24ClN3O5S. The number of amides is 2. The molecule has 10 heteroatoms. The van der Waals surface area contributed by atoms with Gasteiger partial charge in [-0.3, -0.25) is 25.8 Å². The smallest absolute Gasteiger partial charge is 0.276 e. The predicted molar refractivity (Wildman–Crippen MR) is 121 cm³/mol. The van der Waals surface area contributed by atoms with Gasteiger partial charge in [0.1, 0.15) is 18.1 Å². The lowest BCUT2D eigenvalue weighted by atomic mass is 10.2. The summed E-state index contributed by atoms with van der Waals surface area (Å²) in [4.78, 5) is 24.4. The van der Waals surface area contributed by atoms with Crippen LogP contribution < -0.4 is 25.6 Å². The largest absolute Gasteiger partial charge is 0.490 e. The number of hydrazine groups is 1. The zero-order valence-corrected chi connectivity index (χ0v) is 18.8. The van der Waals surface area contributed by atoms with E-state index in [4.69, 9.17) is 38.0 Å². The third-order valence-corrected chi connectivity index (χ3v) is 4.30. The first kappa shape index (κ1) is 24.4. The molecule has 0 unspecified atom stereocenters. The fraction of sp³-hybridized carbons (Fsp3) is 0.286. The van der Waals surface area contributed by atoms with Crippen molar-refractivity contribution in [1.29, 1.82) is 0 Å². The van der Waals surface area contributed by atoms with Crippen molar-refractivity contribution in [2.45, 2.75) is 13.8 Å². The Bertz CT molecular complexity index is 926. The second-order valence-electron chi connectivity index (χ2n) is 6.20. The van der Waals surface area contributed by atoms with Crippen molar-refractivity contribution in [1.82, 2.24) is 16.2 Å². The van der Waals surface area contributed by atoms with E-state index in [0.29, 0.717) is 41.9 Å². The van der Waals surface area contributed by atoms with Crippen LogP contribution in [0.4, 0.5) is 0 Å². The van der Waals surface area contributed by atoms with Gasteiger partial charge in [-0.1, -0.05) is 23.7 Å². The Balaban J connectivity index is 1.79. The van der Waals surface area contributed by atoms with E-state index in [1.165, 1.54) is 0 Å². The molecule has 0 radical (unpaired) electrons. The Morgan fingerprint density at radius 3 is 2.55 bits per heavy atom. The second-order valence-corrected chi connectivity index (χ2v) is 7.04. The van der Waals surface area contributed by atoms with Crippen LogP contribution in [0, 0.1) is 6.92 Å².